The van der Waals surface area contributed by atoms with Gasteiger partial charge in [0.25, 0.3) is 5.91 Å². The van der Waals surface area contributed by atoms with E-state index >= 15 is 0 Å². The number of aromatic nitrogens is 3. The fourth-order valence-corrected chi connectivity index (χ4v) is 3.87. The fourth-order valence-electron chi connectivity index (χ4n) is 3.87. The van der Waals surface area contributed by atoms with Crippen molar-refractivity contribution in [3.05, 3.63) is 101 Å². The van der Waals surface area contributed by atoms with Gasteiger partial charge in [0, 0.05) is 23.5 Å². The summed E-state index contributed by atoms with van der Waals surface area (Å²) in [5, 5.41) is 4.80. The van der Waals surface area contributed by atoms with Gasteiger partial charge < -0.3 is 9.47 Å². The minimum Gasteiger partial charge on any atom is -0.328 e. The van der Waals surface area contributed by atoms with E-state index in [1.807, 2.05) is 65.0 Å². The second-order valence-corrected chi connectivity index (χ2v) is 7.33. The molecular formula is C23H18F2N4O. The zero-order valence-corrected chi connectivity index (χ0v) is 16.2. The monoisotopic (exact) mass is 404 g/mol. The van der Waals surface area contributed by atoms with E-state index in [1.54, 1.807) is 4.90 Å². The van der Waals surface area contributed by atoms with Gasteiger partial charge in [-0.25, -0.2) is 13.5 Å². The van der Waals surface area contributed by atoms with Crippen LogP contribution < -0.4 is 0 Å². The number of hydrogen-bond acceptors (Lipinski definition) is 2. The summed E-state index contributed by atoms with van der Waals surface area (Å²) in [6.45, 7) is 2.67. The van der Waals surface area contributed by atoms with Crippen molar-refractivity contribution in [3.8, 4) is 11.5 Å². The van der Waals surface area contributed by atoms with Crippen LogP contribution in [-0.4, -0.2) is 25.2 Å². The highest BCUT2D eigenvalue weighted by Crippen LogP contribution is 2.32. The van der Waals surface area contributed by atoms with Crippen LogP contribution in [0.25, 0.3) is 11.5 Å². The summed E-state index contributed by atoms with van der Waals surface area (Å²) >= 11 is 0. The van der Waals surface area contributed by atoms with Gasteiger partial charge in [-0.1, -0.05) is 18.2 Å². The van der Waals surface area contributed by atoms with Crippen molar-refractivity contribution in [2.75, 3.05) is 0 Å². The lowest BCUT2D eigenvalue weighted by atomic mass is 10.2. The molecule has 1 aliphatic rings. The molecule has 0 N–H and O–H groups in total. The second-order valence-electron chi connectivity index (χ2n) is 7.33. The minimum absolute atomic E-state index is 0.119. The maximum absolute atomic E-state index is 13.6. The van der Waals surface area contributed by atoms with Gasteiger partial charge in [0.1, 0.15) is 5.82 Å². The van der Waals surface area contributed by atoms with Crippen molar-refractivity contribution < 1.29 is 13.6 Å². The molecule has 0 fully saturated rings. The van der Waals surface area contributed by atoms with E-state index < -0.39 is 11.6 Å². The Morgan fingerprint density at radius 1 is 0.967 bits per heavy atom. The molecule has 5 nitrogen and oxygen atoms in total. The number of rotatable bonds is 3. The Kier molecular flexibility index (Phi) is 4.24. The average molecular weight is 404 g/mol. The average Bonchev–Trinajstić information content (AvgIpc) is 3.45. The smallest absolute Gasteiger partial charge is 0.254 e. The zero-order valence-electron chi connectivity index (χ0n) is 16.2. The Bertz CT molecular complexity index is 1260. The van der Waals surface area contributed by atoms with E-state index in [1.165, 1.54) is 6.07 Å². The van der Waals surface area contributed by atoms with Crippen molar-refractivity contribution in [3.63, 3.8) is 0 Å². The number of fused-ring (bicyclic) bond motifs is 1. The van der Waals surface area contributed by atoms with Crippen LogP contribution in [-0.2, 0) is 13.1 Å². The van der Waals surface area contributed by atoms with Crippen molar-refractivity contribution in [2.24, 2.45) is 0 Å². The van der Waals surface area contributed by atoms with Crippen LogP contribution in [0.1, 0.15) is 27.2 Å². The Hall–Kier alpha value is -3.74. The number of benzene rings is 2. The highest BCUT2D eigenvalue weighted by molar-refractivity contribution is 5.94. The Balaban J connectivity index is 1.55. The van der Waals surface area contributed by atoms with Gasteiger partial charge in [-0.3, -0.25) is 4.79 Å². The maximum Gasteiger partial charge on any atom is 0.254 e. The summed E-state index contributed by atoms with van der Waals surface area (Å²) < 4.78 is 30.7. The molecule has 4 aromatic rings. The molecule has 1 aliphatic heterocycles. The van der Waals surface area contributed by atoms with Crippen LogP contribution in [0.4, 0.5) is 8.78 Å². The minimum atomic E-state index is -1.03. The van der Waals surface area contributed by atoms with Gasteiger partial charge in [-0.05, 0) is 48.9 Å². The lowest BCUT2D eigenvalue weighted by Crippen LogP contribution is -2.26. The molecule has 2 aromatic carbocycles. The summed E-state index contributed by atoms with van der Waals surface area (Å²) in [5.41, 5.74) is 3.90. The predicted octanol–water partition coefficient (Wildman–Crippen LogP) is 4.41. The van der Waals surface area contributed by atoms with E-state index in [9.17, 15) is 13.6 Å². The van der Waals surface area contributed by atoms with Gasteiger partial charge in [-0.15, -0.1) is 0 Å². The third-order valence-electron chi connectivity index (χ3n) is 5.38. The molecule has 0 aliphatic carbocycles. The third kappa shape index (κ3) is 2.90. The van der Waals surface area contributed by atoms with Crippen molar-refractivity contribution in [1.82, 2.24) is 19.2 Å². The van der Waals surface area contributed by atoms with Crippen LogP contribution >= 0.6 is 0 Å². The first kappa shape index (κ1) is 18.3. The molecule has 150 valence electrons. The van der Waals surface area contributed by atoms with E-state index in [-0.39, 0.29) is 11.5 Å². The molecule has 1 amide bonds. The van der Waals surface area contributed by atoms with Crippen molar-refractivity contribution >= 4 is 5.91 Å². The number of para-hydroxylation sites is 1. The van der Waals surface area contributed by atoms with Crippen LogP contribution in [0.2, 0.25) is 0 Å². The molecule has 0 radical (unpaired) electrons. The quantitative estimate of drug-likeness (QED) is 0.508. The molecule has 0 bridgehead atoms. The first-order valence-electron chi connectivity index (χ1n) is 9.57. The normalized spacial score (nSPS) is 13.0. The standard InChI is InChI=1S/C23H18F2N4O/c1-15-6-2-3-7-21(15)29-22(27-10-4-5-11-27)17-13-28(14-20(17)26-29)23(30)16-8-9-18(24)19(25)12-16/h2-12H,13-14H2,1H3. The topological polar surface area (TPSA) is 43.1 Å². The van der Waals surface area contributed by atoms with Crippen molar-refractivity contribution in [2.45, 2.75) is 20.0 Å². The number of hydrogen-bond donors (Lipinski definition) is 0. The van der Waals surface area contributed by atoms with Crippen LogP contribution in [0, 0.1) is 18.6 Å². The van der Waals surface area contributed by atoms with Crippen molar-refractivity contribution in [1.29, 1.82) is 0 Å². The molecule has 7 heteroatoms. The van der Waals surface area contributed by atoms with Gasteiger partial charge in [0.05, 0.1) is 24.5 Å². The number of halogens is 2. The Morgan fingerprint density at radius 3 is 2.47 bits per heavy atom. The van der Waals surface area contributed by atoms with E-state index in [0.29, 0.717) is 13.1 Å². The zero-order chi connectivity index (χ0) is 20.8. The molecular weight excluding hydrogens is 386 g/mol. The summed E-state index contributed by atoms with van der Waals surface area (Å²) in [6, 6.07) is 15.1. The summed E-state index contributed by atoms with van der Waals surface area (Å²) in [4.78, 5) is 14.5. The molecule has 0 unspecified atom stereocenters. The molecule has 0 spiro atoms. The number of aryl methyl sites for hydroxylation is 1. The van der Waals surface area contributed by atoms with Gasteiger partial charge >= 0.3 is 0 Å². The van der Waals surface area contributed by atoms with Crippen LogP contribution in [0.3, 0.4) is 0 Å². The van der Waals surface area contributed by atoms with Gasteiger partial charge in [0.2, 0.25) is 0 Å². The molecule has 3 heterocycles. The summed E-state index contributed by atoms with van der Waals surface area (Å²) in [5.74, 6) is -1.49. The number of carbonyl (C=O) groups is 1. The highest BCUT2D eigenvalue weighted by atomic mass is 19.2. The summed E-state index contributed by atoms with van der Waals surface area (Å²) in [7, 11) is 0. The Labute approximate surface area is 171 Å². The van der Waals surface area contributed by atoms with E-state index in [2.05, 4.69) is 0 Å². The van der Waals surface area contributed by atoms with Gasteiger partial charge in [-0.2, -0.15) is 5.10 Å². The lowest BCUT2D eigenvalue weighted by Gasteiger charge is -2.18. The van der Waals surface area contributed by atoms with Gasteiger partial charge in [0.15, 0.2) is 11.6 Å². The molecule has 30 heavy (non-hydrogen) atoms. The number of nitrogens with zero attached hydrogens (tertiary/aromatic N) is 4. The first-order chi connectivity index (χ1) is 14.5. The fraction of sp³-hybridized carbons (Fsp3) is 0.130. The van der Waals surface area contributed by atoms with Crippen LogP contribution in [0.5, 0.6) is 0 Å². The lowest BCUT2D eigenvalue weighted by molar-refractivity contribution is 0.0748. The predicted molar refractivity (Wildman–Crippen MR) is 108 cm³/mol. The highest BCUT2D eigenvalue weighted by Gasteiger charge is 2.32. The van der Waals surface area contributed by atoms with E-state index in [4.69, 9.17) is 5.10 Å². The molecule has 0 saturated heterocycles. The van der Waals surface area contributed by atoms with Crippen LogP contribution in [0.15, 0.2) is 67.0 Å². The number of carbonyl (C=O) groups excluding carboxylic acids is 1. The molecule has 0 saturated carbocycles. The Morgan fingerprint density at radius 2 is 1.73 bits per heavy atom. The summed E-state index contributed by atoms with van der Waals surface area (Å²) in [6.07, 6.45) is 3.87. The maximum atomic E-state index is 13.6. The third-order valence-corrected chi connectivity index (χ3v) is 5.38. The largest absolute Gasteiger partial charge is 0.328 e. The molecule has 2 aromatic heterocycles. The molecule has 5 rings (SSSR count). The second kappa shape index (κ2) is 6.95. The first-order valence-corrected chi connectivity index (χ1v) is 9.57. The molecule has 0 atom stereocenters. The van der Waals surface area contributed by atoms with E-state index in [0.717, 1.165) is 40.5 Å². The SMILES string of the molecule is Cc1ccccc1-n1nc2c(c1-n1cccc1)CN(C(=O)c1ccc(F)c(F)c1)C2. The number of amides is 1.